The maximum Gasteiger partial charge on any atom is 0.113 e. The van der Waals surface area contributed by atoms with Crippen LogP contribution in [0.1, 0.15) is 24.1 Å². The van der Waals surface area contributed by atoms with Crippen molar-refractivity contribution in [1.29, 1.82) is 0 Å². The SMILES string of the molecule is Cc1ccnc(C#CCCCO)c1. The lowest BCUT2D eigenvalue weighted by Gasteiger charge is -1.91. The van der Waals surface area contributed by atoms with E-state index < -0.39 is 0 Å². The van der Waals surface area contributed by atoms with Crippen molar-refractivity contribution in [2.45, 2.75) is 19.8 Å². The third-order valence-corrected chi connectivity index (χ3v) is 1.59. The van der Waals surface area contributed by atoms with Gasteiger partial charge in [-0.3, -0.25) is 0 Å². The van der Waals surface area contributed by atoms with Gasteiger partial charge in [-0.05, 0) is 37.0 Å². The second-order valence-corrected chi connectivity index (χ2v) is 2.85. The number of aromatic nitrogens is 1. The van der Waals surface area contributed by atoms with Crippen LogP contribution in [0.5, 0.6) is 0 Å². The summed E-state index contributed by atoms with van der Waals surface area (Å²) in [5.74, 6) is 5.91. The minimum Gasteiger partial charge on any atom is -0.396 e. The molecule has 2 heteroatoms. The van der Waals surface area contributed by atoms with Crippen LogP contribution in [0.2, 0.25) is 0 Å². The Hall–Kier alpha value is -1.33. The molecule has 0 aliphatic heterocycles. The van der Waals surface area contributed by atoms with Crippen LogP contribution in [0.3, 0.4) is 0 Å². The van der Waals surface area contributed by atoms with Crippen LogP contribution in [-0.2, 0) is 0 Å². The van der Waals surface area contributed by atoms with Gasteiger partial charge in [-0.1, -0.05) is 5.92 Å². The van der Waals surface area contributed by atoms with Gasteiger partial charge in [0.25, 0.3) is 0 Å². The van der Waals surface area contributed by atoms with Gasteiger partial charge in [-0.2, -0.15) is 0 Å². The number of aliphatic hydroxyl groups excluding tert-OH is 1. The van der Waals surface area contributed by atoms with E-state index in [2.05, 4.69) is 16.8 Å². The molecule has 0 fully saturated rings. The van der Waals surface area contributed by atoms with Crippen molar-refractivity contribution in [3.63, 3.8) is 0 Å². The van der Waals surface area contributed by atoms with E-state index in [9.17, 15) is 0 Å². The van der Waals surface area contributed by atoms with Gasteiger partial charge in [-0.15, -0.1) is 0 Å². The fourth-order valence-electron chi connectivity index (χ4n) is 0.925. The quantitative estimate of drug-likeness (QED) is 0.546. The zero-order valence-corrected chi connectivity index (χ0v) is 7.75. The highest BCUT2D eigenvalue weighted by Gasteiger charge is 1.87. The summed E-state index contributed by atoms with van der Waals surface area (Å²) in [5.41, 5.74) is 1.97. The van der Waals surface area contributed by atoms with Crippen molar-refractivity contribution in [3.05, 3.63) is 29.6 Å². The van der Waals surface area contributed by atoms with Crippen molar-refractivity contribution < 1.29 is 5.11 Å². The number of rotatable bonds is 2. The van der Waals surface area contributed by atoms with Crippen molar-refractivity contribution in [2.75, 3.05) is 6.61 Å². The third-order valence-electron chi connectivity index (χ3n) is 1.59. The molecule has 0 atom stereocenters. The van der Waals surface area contributed by atoms with Crippen LogP contribution in [0.25, 0.3) is 0 Å². The Morgan fingerprint density at radius 1 is 1.54 bits per heavy atom. The molecule has 0 unspecified atom stereocenters. The number of hydrogen-bond donors (Lipinski definition) is 1. The molecule has 0 saturated carbocycles. The van der Waals surface area contributed by atoms with E-state index in [1.165, 1.54) is 5.56 Å². The normalized spacial score (nSPS) is 9.08. The van der Waals surface area contributed by atoms with Crippen LogP contribution >= 0.6 is 0 Å². The molecule has 0 bridgehead atoms. The van der Waals surface area contributed by atoms with Gasteiger partial charge in [0.1, 0.15) is 5.69 Å². The van der Waals surface area contributed by atoms with Gasteiger partial charge < -0.3 is 5.11 Å². The average Bonchev–Trinajstić information content (AvgIpc) is 2.13. The topological polar surface area (TPSA) is 33.1 Å². The molecule has 13 heavy (non-hydrogen) atoms. The summed E-state index contributed by atoms with van der Waals surface area (Å²) in [5, 5.41) is 8.52. The van der Waals surface area contributed by atoms with E-state index >= 15 is 0 Å². The standard InChI is InChI=1S/C11H13NO/c1-10-6-7-12-11(9-10)5-3-2-4-8-13/h6-7,9,13H,2,4,8H2,1H3. The molecule has 68 valence electrons. The first-order valence-electron chi connectivity index (χ1n) is 4.35. The molecule has 0 amide bonds. The van der Waals surface area contributed by atoms with Crippen molar-refractivity contribution in [1.82, 2.24) is 4.98 Å². The number of nitrogens with zero attached hydrogens (tertiary/aromatic N) is 1. The van der Waals surface area contributed by atoms with E-state index in [4.69, 9.17) is 5.11 Å². The fourth-order valence-corrected chi connectivity index (χ4v) is 0.925. The Morgan fingerprint density at radius 3 is 3.08 bits per heavy atom. The summed E-state index contributed by atoms with van der Waals surface area (Å²) >= 11 is 0. The summed E-state index contributed by atoms with van der Waals surface area (Å²) in [6, 6.07) is 3.89. The molecule has 0 aliphatic carbocycles. The van der Waals surface area contributed by atoms with Crippen LogP contribution < -0.4 is 0 Å². The Kier molecular flexibility index (Phi) is 4.01. The van der Waals surface area contributed by atoms with Crippen LogP contribution in [-0.4, -0.2) is 16.7 Å². The molecule has 1 N–H and O–H groups in total. The Balaban J connectivity index is 2.56. The van der Waals surface area contributed by atoms with Gasteiger partial charge in [0.05, 0.1) is 0 Å². The summed E-state index contributed by atoms with van der Waals surface area (Å²) in [4.78, 5) is 4.10. The Morgan fingerprint density at radius 2 is 2.38 bits per heavy atom. The maximum atomic E-state index is 8.52. The molecule has 2 nitrogen and oxygen atoms in total. The molecule has 1 aromatic rings. The van der Waals surface area contributed by atoms with Crippen LogP contribution in [0.4, 0.5) is 0 Å². The van der Waals surface area contributed by atoms with E-state index in [1.807, 2.05) is 19.1 Å². The van der Waals surface area contributed by atoms with Gasteiger partial charge in [-0.25, -0.2) is 4.98 Å². The molecule has 0 radical (unpaired) electrons. The highest BCUT2D eigenvalue weighted by Crippen LogP contribution is 1.97. The fraction of sp³-hybridized carbons (Fsp3) is 0.364. The molecular formula is C11H13NO. The number of aliphatic hydroxyl groups is 1. The summed E-state index contributed by atoms with van der Waals surface area (Å²) in [7, 11) is 0. The van der Waals surface area contributed by atoms with Gasteiger partial charge in [0, 0.05) is 19.2 Å². The highest BCUT2D eigenvalue weighted by molar-refractivity contribution is 5.29. The Labute approximate surface area is 78.6 Å². The molecule has 0 aliphatic rings. The van der Waals surface area contributed by atoms with E-state index in [-0.39, 0.29) is 6.61 Å². The second-order valence-electron chi connectivity index (χ2n) is 2.85. The minimum absolute atomic E-state index is 0.204. The molecule has 1 aromatic heterocycles. The predicted octanol–water partition coefficient (Wildman–Crippen LogP) is 1.51. The minimum atomic E-state index is 0.204. The monoisotopic (exact) mass is 175 g/mol. The number of pyridine rings is 1. The predicted molar refractivity (Wildman–Crippen MR) is 52.2 cm³/mol. The number of unbranched alkanes of at least 4 members (excludes halogenated alkanes) is 1. The highest BCUT2D eigenvalue weighted by atomic mass is 16.2. The molecular weight excluding hydrogens is 162 g/mol. The maximum absolute atomic E-state index is 8.52. The third kappa shape index (κ3) is 3.73. The first-order chi connectivity index (χ1) is 6.33. The number of aryl methyl sites for hydroxylation is 1. The average molecular weight is 175 g/mol. The zero-order chi connectivity index (χ0) is 9.52. The van der Waals surface area contributed by atoms with Gasteiger partial charge in [0.2, 0.25) is 0 Å². The molecule has 1 rings (SSSR count). The van der Waals surface area contributed by atoms with E-state index in [0.29, 0.717) is 0 Å². The van der Waals surface area contributed by atoms with E-state index in [0.717, 1.165) is 18.5 Å². The lowest BCUT2D eigenvalue weighted by Crippen LogP contribution is -1.83. The van der Waals surface area contributed by atoms with Crippen molar-refractivity contribution >= 4 is 0 Å². The molecule has 1 heterocycles. The Bertz CT molecular complexity index is 322. The van der Waals surface area contributed by atoms with Crippen molar-refractivity contribution in [2.24, 2.45) is 0 Å². The lowest BCUT2D eigenvalue weighted by molar-refractivity contribution is 0.290. The summed E-state index contributed by atoms with van der Waals surface area (Å²) < 4.78 is 0. The summed E-state index contributed by atoms with van der Waals surface area (Å²) in [6.07, 6.45) is 3.22. The van der Waals surface area contributed by atoms with Crippen LogP contribution in [0.15, 0.2) is 18.3 Å². The number of hydrogen-bond acceptors (Lipinski definition) is 2. The van der Waals surface area contributed by atoms with E-state index in [1.54, 1.807) is 6.20 Å². The molecule has 0 spiro atoms. The van der Waals surface area contributed by atoms with Crippen LogP contribution in [0, 0.1) is 18.8 Å². The largest absolute Gasteiger partial charge is 0.396 e. The molecule has 0 aromatic carbocycles. The molecule has 0 saturated heterocycles. The zero-order valence-electron chi connectivity index (χ0n) is 7.75. The summed E-state index contributed by atoms with van der Waals surface area (Å²) in [6.45, 7) is 2.22. The van der Waals surface area contributed by atoms with Gasteiger partial charge in [0.15, 0.2) is 0 Å². The van der Waals surface area contributed by atoms with Crippen molar-refractivity contribution in [3.8, 4) is 11.8 Å². The smallest absolute Gasteiger partial charge is 0.113 e. The first kappa shape index (κ1) is 9.76. The second kappa shape index (κ2) is 5.34. The first-order valence-corrected chi connectivity index (χ1v) is 4.35. The lowest BCUT2D eigenvalue weighted by atomic mass is 10.2. The van der Waals surface area contributed by atoms with Gasteiger partial charge >= 0.3 is 0 Å².